The molecule has 4 aliphatic rings. The van der Waals surface area contributed by atoms with E-state index in [0.717, 1.165) is 0 Å². The van der Waals surface area contributed by atoms with Gasteiger partial charge in [0.25, 0.3) is 5.92 Å². The summed E-state index contributed by atoms with van der Waals surface area (Å²) in [5.41, 5.74) is -14.0. The number of halogens is 14. The third-order valence-electron chi connectivity index (χ3n) is 4.92. The molecule has 140 valence electrons. The molecule has 4 saturated carbocycles. The van der Waals surface area contributed by atoms with Crippen molar-refractivity contribution in [1.82, 2.24) is 0 Å². The Morgan fingerprint density at radius 2 is 0.583 bits per heavy atom. The van der Waals surface area contributed by atoms with Gasteiger partial charge in [-0.05, 0) is 0 Å². The van der Waals surface area contributed by atoms with Crippen LogP contribution in [0.5, 0.6) is 0 Å². The van der Waals surface area contributed by atoms with Crippen LogP contribution in [0.3, 0.4) is 0 Å². The van der Waals surface area contributed by atoms with Gasteiger partial charge in [0.1, 0.15) is 0 Å². The Bertz CT molecular complexity index is 535. The van der Waals surface area contributed by atoms with Crippen LogP contribution in [0.2, 0.25) is 0 Å². The summed E-state index contributed by atoms with van der Waals surface area (Å²) in [5, 5.41) is 0. The molecule has 0 aromatic heterocycles. The van der Waals surface area contributed by atoms with Crippen molar-refractivity contribution in [2.75, 3.05) is 0 Å². The molecule has 0 aromatic rings. The summed E-state index contributed by atoms with van der Waals surface area (Å²) in [7, 11) is 0. The summed E-state index contributed by atoms with van der Waals surface area (Å²) < 4.78 is 191. The third kappa shape index (κ3) is 1.06. The van der Waals surface area contributed by atoms with E-state index in [1.54, 1.807) is 0 Å². The van der Waals surface area contributed by atoms with Crippen molar-refractivity contribution >= 4 is 0 Å². The lowest BCUT2D eigenvalue weighted by atomic mass is 9.43. The molecule has 0 N–H and O–H groups in total. The monoisotopic (exact) mass is 388 g/mol. The van der Waals surface area contributed by atoms with Crippen molar-refractivity contribution in [2.45, 2.75) is 46.9 Å². The Morgan fingerprint density at radius 3 is 0.792 bits per heavy atom. The molecule has 0 aliphatic heterocycles. The second-order valence-corrected chi connectivity index (χ2v) is 5.92. The van der Waals surface area contributed by atoms with Crippen LogP contribution < -0.4 is 0 Å². The first-order valence-corrected chi connectivity index (χ1v) is 5.88. The molecule has 14 heteroatoms. The maximum absolute atomic E-state index is 14.0. The number of hydrogen-bond donors (Lipinski definition) is 0. The molecule has 0 aromatic carbocycles. The predicted octanol–water partition coefficient (Wildman–Crippen LogP) is 4.49. The van der Waals surface area contributed by atoms with Crippen molar-refractivity contribution in [3.05, 3.63) is 0 Å². The van der Waals surface area contributed by atoms with Gasteiger partial charge >= 0.3 is 41.0 Å². The molecule has 0 unspecified atom stereocenters. The van der Waals surface area contributed by atoms with Gasteiger partial charge in [0.15, 0.2) is 11.8 Å². The quantitative estimate of drug-likeness (QED) is 0.537. The summed E-state index contributed by atoms with van der Waals surface area (Å²) in [4.78, 5) is 0. The Morgan fingerprint density at radius 1 is 0.375 bits per heavy atom. The smallest absolute Gasteiger partial charge is 0.223 e. The zero-order valence-electron chi connectivity index (χ0n) is 10.4. The Balaban J connectivity index is 2.56. The molecule has 0 heterocycles. The molecule has 0 saturated heterocycles. The van der Waals surface area contributed by atoms with Crippen LogP contribution in [0.25, 0.3) is 0 Å². The molecule has 4 bridgehead atoms. The fraction of sp³-hybridized carbons (Fsp3) is 1.00. The minimum absolute atomic E-state index is 5.45. The van der Waals surface area contributed by atoms with Crippen LogP contribution in [-0.4, -0.2) is 46.9 Å². The second kappa shape index (κ2) is 3.46. The summed E-state index contributed by atoms with van der Waals surface area (Å²) in [6.45, 7) is 0. The highest BCUT2D eigenvalue weighted by atomic mass is 19.3. The van der Waals surface area contributed by atoms with Gasteiger partial charge in [-0.1, -0.05) is 0 Å². The first-order chi connectivity index (χ1) is 10.2. The fourth-order valence-corrected chi connectivity index (χ4v) is 3.90. The van der Waals surface area contributed by atoms with Crippen molar-refractivity contribution < 1.29 is 61.5 Å². The van der Waals surface area contributed by atoms with Gasteiger partial charge in [0, 0.05) is 0 Å². The van der Waals surface area contributed by atoms with Crippen molar-refractivity contribution in [2.24, 2.45) is 11.8 Å². The van der Waals surface area contributed by atoms with Crippen LogP contribution in [-0.2, 0) is 0 Å². The molecule has 0 amide bonds. The molecule has 0 atom stereocenters. The molecule has 0 radical (unpaired) electrons. The lowest BCUT2D eigenvalue weighted by molar-refractivity contribution is -0.568. The highest BCUT2D eigenvalue weighted by molar-refractivity contribution is 5.44. The molecule has 4 aliphatic carbocycles. The lowest BCUT2D eigenvalue weighted by Gasteiger charge is -2.70. The molecule has 24 heavy (non-hydrogen) atoms. The molecule has 4 rings (SSSR count). The van der Waals surface area contributed by atoms with Crippen LogP contribution >= 0.6 is 0 Å². The van der Waals surface area contributed by atoms with Gasteiger partial charge in [-0.2, -0.15) is 8.78 Å². The number of rotatable bonds is 0. The Kier molecular flexibility index (Phi) is 2.57. The van der Waals surface area contributed by atoms with Crippen LogP contribution in [0.15, 0.2) is 0 Å². The van der Waals surface area contributed by atoms with Crippen LogP contribution in [0.4, 0.5) is 61.5 Å². The average molecular weight is 388 g/mol. The Labute approximate surface area is 121 Å². The molecule has 0 nitrogen and oxygen atoms in total. The maximum Gasteiger partial charge on any atom is 0.338 e. The van der Waals surface area contributed by atoms with Crippen molar-refractivity contribution in [1.29, 1.82) is 0 Å². The van der Waals surface area contributed by atoms with E-state index in [2.05, 4.69) is 0 Å². The summed E-state index contributed by atoms with van der Waals surface area (Å²) >= 11 is 0. The van der Waals surface area contributed by atoms with Crippen LogP contribution in [0.1, 0.15) is 0 Å². The lowest BCUT2D eigenvalue weighted by Crippen LogP contribution is -3.00. The zero-order chi connectivity index (χ0) is 19.2. The molecular weight excluding hydrogens is 386 g/mol. The third-order valence-corrected chi connectivity index (χ3v) is 4.92. The Hall–Kier alpha value is -0.980. The van der Waals surface area contributed by atoms with E-state index in [1.165, 1.54) is 0 Å². The highest BCUT2D eigenvalue weighted by Gasteiger charge is 3.14. The summed E-state index contributed by atoms with van der Waals surface area (Å²) in [6.07, 6.45) is 0. The first-order valence-electron chi connectivity index (χ1n) is 5.88. The van der Waals surface area contributed by atoms with E-state index in [1.807, 2.05) is 0 Å². The fourth-order valence-electron chi connectivity index (χ4n) is 3.90. The van der Waals surface area contributed by atoms with Gasteiger partial charge in [-0.15, -0.1) is 0 Å². The van der Waals surface area contributed by atoms with E-state index in [4.69, 9.17) is 0 Å². The minimum Gasteiger partial charge on any atom is -0.223 e. The van der Waals surface area contributed by atoms with E-state index >= 15 is 0 Å². The van der Waals surface area contributed by atoms with Crippen molar-refractivity contribution in [3.63, 3.8) is 0 Å². The van der Waals surface area contributed by atoms with Gasteiger partial charge < -0.3 is 0 Å². The molecule has 0 spiro atoms. The van der Waals surface area contributed by atoms with Gasteiger partial charge in [0.05, 0.1) is 0 Å². The summed E-state index contributed by atoms with van der Waals surface area (Å²) in [5.74, 6) is -52.4. The van der Waals surface area contributed by atoms with Crippen LogP contribution in [0, 0.1) is 11.8 Å². The highest BCUT2D eigenvalue weighted by Crippen LogP contribution is 2.85. The normalized spacial score (nSPS) is 50.8. The van der Waals surface area contributed by atoms with E-state index in [0.29, 0.717) is 0 Å². The molecular formula is C10H2F14. The minimum atomic E-state index is -7.39. The van der Waals surface area contributed by atoms with Gasteiger partial charge in [0.2, 0.25) is 0 Å². The van der Waals surface area contributed by atoms with E-state index < -0.39 is 58.7 Å². The SMILES string of the molecule is FC1(F)C2C(F)(F)C3(F)C(F)(F)C1C(F)(F)C(F)(C2(F)F)C3(F)F. The standard InChI is InChI=1S/C10H2F14/c11-3(12)1-4(13,14)8(21)6(17,18)2(3)7(19,20)9(22,5(1,15)16)10(8,23)24/h1-2H. The number of hydrogen-bond acceptors (Lipinski definition) is 0. The van der Waals surface area contributed by atoms with Crippen molar-refractivity contribution in [3.8, 4) is 0 Å². The second-order valence-electron chi connectivity index (χ2n) is 5.92. The van der Waals surface area contributed by atoms with E-state index in [-0.39, 0.29) is 0 Å². The predicted molar refractivity (Wildman–Crippen MR) is 44.3 cm³/mol. The average Bonchev–Trinajstić information content (AvgIpc) is 2.28. The van der Waals surface area contributed by atoms with Gasteiger partial charge in [-0.25, -0.2) is 52.7 Å². The first kappa shape index (κ1) is 17.8. The largest absolute Gasteiger partial charge is 0.338 e. The zero-order valence-corrected chi connectivity index (χ0v) is 10.4. The topological polar surface area (TPSA) is 0 Å². The van der Waals surface area contributed by atoms with E-state index in [9.17, 15) is 61.5 Å². The summed E-state index contributed by atoms with van der Waals surface area (Å²) in [6, 6.07) is 0. The van der Waals surface area contributed by atoms with Gasteiger partial charge in [-0.3, -0.25) is 0 Å². The number of alkyl halides is 14. The molecule has 4 fully saturated rings. The maximum atomic E-state index is 14.0.